The van der Waals surface area contributed by atoms with Crippen molar-refractivity contribution < 1.29 is 56.5 Å². The summed E-state index contributed by atoms with van der Waals surface area (Å²) in [5.41, 5.74) is 0. The van der Waals surface area contributed by atoms with Gasteiger partial charge in [0.2, 0.25) is 0 Å². The molecule has 0 saturated carbocycles. The summed E-state index contributed by atoms with van der Waals surface area (Å²) in [7, 11) is 3.79. The molecule has 2 nitrogen and oxygen atoms in total. The predicted octanol–water partition coefficient (Wildman–Crippen LogP) is -3.70. The van der Waals surface area contributed by atoms with Crippen LogP contribution in [0.2, 0.25) is 0 Å². The minimum Gasteiger partial charge on any atom is -0.851 e. The average molecular weight is 141 g/mol. The van der Waals surface area contributed by atoms with E-state index in [1.807, 2.05) is 19.0 Å². The second-order valence-corrected chi connectivity index (χ2v) is 2.07. The normalized spacial score (nSPS) is 13.1. The van der Waals surface area contributed by atoms with Crippen molar-refractivity contribution in [1.29, 1.82) is 0 Å². The van der Waals surface area contributed by atoms with Gasteiger partial charge in [0.05, 0.1) is 0 Å². The van der Waals surface area contributed by atoms with E-state index in [9.17, 15) is 5.11 Å². The molecule has 0 radical (unpaired) electrons. The molecule has 0 aliphatic heterocycles. The molecule has 0 bridgehead atoms. The zero-order chi connectivity index (χ0) is 5.86. The van der Waals surface area contributed by atoms with E-state index in [0.29, 0.717) is 6.54 Å². The van der Waals surface area contributed by atoms with Crippen LogP contribution in [0.5, 0.6) is 0 Å². The number of hydrogen-bond donors (Lipinski definition) is 0. The Kier molecular flexibility index (Phi) is 10.2. The van der Waals surface area contributed by atoms with Crippen LogP contribution in [0.25, 0.3) is 0 Å². The maximum absolute atomic E-state index is 10.3. The molecule has 0 heterocycles. The molecule has 1 atom stereocenters. The van der Waals surface area contributed by atoms with Gasteiger partial charge in [-0.3, -0.25) is 0 Å². The van der Waals surface area contributed by atoms with Crippen LogP contribution in [-0.4, -0.2) is 31.6 Å². The third kappa shape index (κ3) is 10.5. The van der Waals surface area contributed by atoms with Crippen molar-refractivity contribution in [3.8, 4) is 0 Å². The molecule has 0 fully saturated rings. The third-order valence-corrected chi connectivity index (χ3v) is 0.622. The van der Waals surface area contributed by atoms with Gasteiger partial charge in [0.15, 0.2) is 0 Å². The second-order valence-electron chi connectivity index (χ2n) is 2.07. The molecular weight excluding hydrogens is 129 g/mol. The van der Waals surface area contributed by atoms with Gasteiger partial charge >= 0.3 is 51.4 Å². The second kappa shape index (κ2) is 6.67. The summed E-state index contributed by atoms with van der Waals surface area (Å²) in [6, 6.07) is 0. The van der Waals surface area contributed by atoms with Gasteiger partial charge in [-0.05, 0) is 20.6 Å². The summed E-state index contributed by atoms with van der Waals surface area (Å²) in [6.45, 7) is 2.31. The Balaban J connectivity index is 0. The van der Waals surface area contributed by atoms with Crippen molar-refractivity contribution in [3.05, 3.63) is 0 Å². The molecule has 0 aromatic rings. The molecule has 44 valence electrons. The van der Waals surface area contributed by atoms with E-state index < -0.39 is 6.10 Å². The van der Waals surface area contributed by atoms with Crippen molar-refractivity contribution in [2.24, 2.45) is 0 Å². The van der Waals surface area contributed by atoms with Crippen LogP contribution in [-0.2, 0) is 0 Å². The van der Waals surface area contributed by atoms with Crippen LogP contribution in [0.3, 0.4) is 0 Å². The van der Waals surface area contributed by atoms with Gasteiger partial charge in [-0.25, -0.2) is 0 Å². The van der Waals surface area contributed by atoms with Crippen LogP contribution in [0, 0.1) is 0 Å². The minimum atomic E-state index is -0.449. The van der Waals surface area contributed by atoms with Crippen LogP contribution in [0.15, 0.2) is 0 Å². The van der Waals surface area contributed by atoms with E-state index in [0.717, 1.165) is 0 Å². The van der Waals surface area contributed by atoms with Crippen molar-refractivity contribution in [1.82, 2.24) is 4.90 Å². The van der Waals surface area contributed by atoms with Gasteiger partial charge in [0.25, 0.3) is 0 Å². The van der Waals surface area contributed by atoms with E-state index in [-0.39, 0.29) is 51.4 Å². The van der Waals surface area contributed by atoms with E-state index in [4.69, 9.17) is 0 Å². The summed E-state index contributed by atoms with van der Waals surface area (Å²) in [5.74, 6) is 0. The molecule has 0 aromatic carbocycles. The number of nitrogens with zero attached hydrogens (tertiary/aromatic N) is 1. The Labute approximate surface area is 93.7 Å². The summed E-state index contributed by atoms with van der Waals surface area (Å²) >= 11 is 0. The molecule has 8 heavy (non-hydrogen) atoms. The number of likely N-dealkylation sites (N-methyl/N-ethyl adjacent to an activating group) is 1. The summed E-state index contributed by atoms with van der Waals surface area (Å²) < 4.78 is 0. The van der Waals surface area contributed by atoms with Crippen LogP contribution < -0.4 is 56.5 Å². The molecule has 3 heteroatoms. The topological polar surface area (TPSA) is 26.3 Å². The zero-order valence-corrected chi connectivity index (χ0v) is 9.26. The van der Waals surface area contributed by atoms with Crippen molar-refractivity contribution in [2.45, 2.75) is 13.0 Å². The largest absolute Gasteiger partial charge is 1.00 e. The summed E-state index contributed by atoms with van der Waals surface area (Å²) in [5, 5.41) is 10.3. The molecule has 0 saturated heterocycles. The van der Waals surface area contributed by atoms with Crippen LogP contribution in [0.4, 0.5) is 0 Å². The smallest absolute Gasteiger partial charge is 0.851 e. The molecule has 0 N–H and O–H groups in total. The van der Waals surface area contributed by atoms with E-state index in [1.54, 1.807) is 6.92 Å². The van der Waals surface area contributed by atoms with Crippen molar-refractivity contribution >= 4 is 0 Å². The van der Waals surface area contributed by atoms with Crippen LogP contribution >= 0.6 is 0 Å². The Bertz CT molecular complexity index is 41.7. The molecular formula is C5H12KNO. The quantitative estimate of drug-likeness (QED) is 0.370. The SMILES string of the molecule is CC([O-])CN(C)C.[K+]. The Morgan fingerprint density at radius 2 is 1.88 bits per heavy atom. The molecule has 1 unspecified atom stereocenters. The van der Waals surface area contributed by atoms with Crippen LogP contribution in [0.1, 0.15) is 6.92 Å². The zero-order valence-electron chi connectivity index (χ0n) is 6.14. The average Bonchev–Trinajstić information content (AvgIpc) is 1.27. The Morgan fingerprint density at radius 3 is 1.88 bits per heavy atom. The fourth-order valence-electron chi connectivity index (χ4n) is 0.514. The van der Waals surface area contributed by atoms with E-state index >= 15 is 0 Å². The molecule has 0 spiro atoms. The summed E-state index contributed by atoms with van der Waals surface area (Å²) in [6.07, 6.45) is -0.449. The van der Waals surface area contributed by atoms with Gasteiger partial charge < -0.3 is 10.0 Å². The fourth-order valence-corrected chi connectivity index (χ4v) is 0.514. The maximum Gasteiger partial charge on any atom is 1.00 e. The predicted molar refractivity (Wildman–Crippen MR) is 28.0 cm³/mol. The minimum absolute atomic E-state index is 0. The monoisotopic (exact) mass is 141 g/mol. The molecule has 0 aromatic heterocycles. The van der Waals surface area contributed by atoms with E-state index in [1.165, 1.54) is 0 Å². The van der Waals surface area contributed by atoms with Gasteiger partial charge in [0.1, 0.15) is 0 Å². The first kappa shape index (κ1) is 12.3. The molecule has 0 aliphatic carbocycles. The Hall–Kier alpha value is 1.56. The molecule has 0 amide bonds. The first-order valence-corrected chi connectivity index (χ1v) is 2.43. The van der Waals surface area contributed by atoms with Gasteiger partial charge in [-0.15, -0.1) is 6.10 Å². The number of hydrogen-bond acceptors (Lipinski definition) is 2. The fraction of sp³-hybridized carbons (Fsp3) is 1.00. The standard InChI is InChI=1S/C5H12NO.K/c1-5(7)4-6(2)3;/h5H,4H2,1-3H3;/q-1;+1. The van der Waals surface area contributed by atoms with Gasteiger partial charge in [-0.2, -0.15) is 0 Å². The summed E-state index contributed by atoms with van der Waals surface area (Å²) in [4.78, 5) is 1.89. The van der Waals surface area contributed by atoms with Crippen molar-refractivity contribution in [2.75, 3.05) is 20.6 Å². The van der Waals surface area contributed by atoms with E-state index in [2.05, 4.69) is 0 Å². The Morgan fingerprint density at radius 1 is 1.50 bits per heavy atom. The van der Waals surface area contributed by atoms with Gasteiger partial charge in [-0.1, -0.05) is 6.92 Å². The first-order valence-electron chi connectivity index (χ1n) is 2.43. The molecule has 0 rings (SSSR count). The van der Waals surface area contributed by atoms with Crippen molar-refractivity contribution in [3.63, 3.8) is 0 Å². The molecule has 0 aliphatic rings. The maximum atomic E-state index is 10.3. The number of rotatable bonds is 2. The first-order chi connectivity index (χ1) is 3.13. The third-order valence-electron chi connectivity index (χ3n) is 0.622. The van der Waals surface area contributed by atoms with Gasteiger partial charge in [0, 0.05) is 0 Å².